The summed E-state index contributed by atoms with van der Waals surface area (Å²) in [6.45, 7) is 0.663. The molecule has 9 heteroatoms. The first-order valence-electron chi connectivity index (χ1n) is 5.55. The van der Waals surface area contributed by atoms with Crippen LogP contribution in [0.1, 0.15) is 6.92 Å². The molecule has 1 N–H and O–H groups in total. The number of carboxylic acid groups (broad SMARTS) is 1. The van der Waals surface area contributed by atoms with Gasteiger partial charge >= 0.3 is 5.97 Å². The lowest BCUT2D eigenvalue weighted by Crippen LogP contribution is -2.47. The fraction of sp³-hybridized carbons (Fsp3) is 0.800. The van der Waals surface area contributed by atoms with Crippen LogP contribution in [0.5, 0.6) is 0 Å². The van der Waals surface area contributed by atoms with Crippen molar-refractivity contribution in [1.82, 2.24) is 9.21 Å². The molecule has 19 heavy (non-hydrogen) atoms. The third-order valence-corrected chi connectivity index (χ3v) is 4.64. The molecule has 0 heterocycles. The van der Waals surface area contributed by atoms with Crippen LogP contribution in [0.25, 0.3) is 0 Å². The summed E-state index contributed by atoms with van der Waals surface area (Å²) < 4.78 is 29.7. The van der Waals surface area contributed by atoms with Crippen LogP contribution in [0.4, 0.5) is 0 Å². The predicted octanol–water partition coefficient (Wildman–Crippen LogP) is -1.17. The van der Waals surface area contributed by atoms with E-state index in [9.17, 15) is 18.0 Å². The Bertz CT molecular complexity index is 420. The van der Waals surface area contributed by atoms with Gasteiger partial charge in [-0.3, -0.25) is 9.59 Å². The van der Waals surface area contributed by atoms with Gasteiger partial charge in [-0.2, -0.15) is 4.31 Å². The maximum atomic E-state index is 12.1. The summed E-state index contributed by atoms with van der Waals surface area (Å²) in [5.41, 5.74) is 0. The molecule has 1 atom stereocenters. The monoisotopic (exact) mass is 296 g/mol. The number of sulfonamides is 1. The summed E-state index contributed by atoms with van der Waals surface area (Å²) in [5, 5.41) is 7.19. The van der Waals surface area contributed by atoms with Gasteiger partial charge < -0.3 is 14.7 Å². The molecule has 0 aromatic rings. The van der Waals surface area contributed by atoms with Crippen LogP contribution in [-0.2, 0) is 24.3 Å². The number of amides is 1. The van der Waals surface area contributed by atoms with Crippen molar-refractivity contribution in [3.05, 3.63) is 0 Å². The second-order valence-electron chi connectivity index (χ2n) is 4.14. The summed E-state index contributed by atoms with van der Waals surface area (Å²) in [7, 11) is 0.274. The van der Waals surface area contributed by atoms with Crippen molar-refractivity contribution in [1.29, 1.82) is 0 Å². The highest BCUT2D eigenvalue weighted by molar-refractivity contribution is 7.90. The van der Waals surface area contributed by atoms with E-state index in [1.54, 1.807) is 0 Å². The van der Waals surface area contributed by atoms with Crippen molar-refractivity contribution in [2.24, 2.45) is 0 Å². The molecule has 1 amide bonds. The smallest absolute Gasteiger partial charge is 0.323 e. The lowest BCUT2D eigenvalue weighted by atomic mass is 10.5. The van der Waals surface area contributed by atoms with Gasteiger partial charge in [-0.25, -0.2) is 8.42 Å². The Balaban J connectivity index is 5.13. The number of carboxylic acids is 1. The third-order valence-electron chi connectivity index (χ3n) is 2.51. The molecular formula is C10H20N2O6S. The topological polar surface area (TPSA) is 104 Å². The SMILES string of the molecule is COCCN(CC(=O)N(C)C)S(=O)(=O)C(C)C(=O)O. The lowest BCUT2D eigenvalue weighted by molar-refractivity contribution is -0.136. The number of rotatable bonds is 8. The normalized spacial score (nSPS) is 13.3. The Morgan fingerprint density at radius 1 is 1.32 bits per heavy atom. The minimum atomic E-state index is -4.09. The van der Waals surface area contributed by atoms with Gasteiger partial charge in [0.25, 0.3) is 0 Å². The van der Waals surface area contributed by atoms with Crippen LogP contribution in [0, 0.1) is 0 Å². The van der Waals surface area contributed by atoms with Gasteiger partial charge in [0.15, 0.2) is 5.25 Å². The summed E-state index contributed by atoms with van der Waals surface area (Å²) in [4.78, 5) is 23.6. The van der Waals surface area contributed by atoms with Crippen molar-refractivity contribution in [3.8, 4) is 0 Å². The molecule has 0 rings (SSSR count). The highest BCUT2D eigenvalue weighted by Gasteiger charge is 2.34. The Labute approximate surface area is 113 Å². The average molecular weight is 296 g/mol. The van der Waals surface area contributed by atoms with Crippen LogP contribution in [0.2, 0.25) is 0 Å². The standard InChI is InChI=1S/C10H20N2O6S/c1-8(10(14)15)19(16,17)12(5-6-18-4)7-9(13)11(2)3/h8H,5-7H2,1-4H3,(H,14,15). The van der Waals surface area contributed by atoms with Gasteiger partial charge in [0.1, 0.15) is 0 Å². The number of likely N-dealkylation sites (N-methyl/N-ethyl adjacent to an activating group) is 1. The van der Waals surface area contributed by atoms with Gasteiger partial charge in [0.2, 0.25) is 15.9 Å². The van der Waals surface area contributed by atoms with E-state index in [1.807, 2.05) is 0 Å². The fourth-order valence-electron chi connectivity index (χ4n) is 1.13. The molecule has 0 aromatic heterocycles. The van der Waals surface area contributed by atoms with Crippen LogP contribution in [0.15, 0.2) is 0 Å². The van der Waals surface area contributed by atoms with E-state index < -0.39 is 33.7 Å². The number of aliphatic carboxylic acids is 1. The van der Waals surface area contributed by atoms with E-state index in [4.69, 9.17) is 9.84 Å². The van der Waals surface area contributed by atoms with E-state index in [0.29, 0.717) is 0 Å². The summed E-state index contributed by atoms with van der Waals surface area (Å²) >= 11 is 0. The lowest BCUT2D eigenvalue weighted by Gasteiger charge is -2.24. The van der Waals surface area contributed by atoms with E-state index in [1.165, 1.54) is 26.1 Å². The number of methoxy groups -OCH3 is 1. The zero-order chi connectivity index (χ0) is 15.2. The zero-order valence-electron chi connectivity index (χ0n) is 11.5. The average Bonchev–Trinajstić information content (AvgIpc) is 2.32. The molecule has 0 radical (unpaired) electrons. The summed E-state index contributed by atoms with van der Waals surface area (Å²) in [6, 6.07) is 0. The highest BCUT2D eigenvalue weighted by Crippen LogP contribution is 2.09. The summed E-state index contributed by atoms with van der Waals surface area (Å²) in [6.07, 6.45) is 0. The Morgan fingerprint density at radius 3 is 2.21 bits per heavy atom. The van der Waals surface area contributed by atoms with E-state index >= 15 is 0 Å². The largest absolute Gasteiger partial charge is 0.480 e. The number of carbonyl (C=O) groups excluding carboxylic acids is 1. The first-order chi connectivity index (χ1) is 8.64. The molecule has 0 saturated carbocycles. The van der Waals surface area contributed by atoms with E-state index in [0.717, 1.165) is 11.2 Å². The molecule has 112 valence electrons. The first-order valence-corrected chi connectivity index (χ1v) is 7.05. The van der Waals surface area contributed by atoms with Gasteiger partial charge in [-0.15, -0.1) is 0 Å². The molecule has 0 aliphatic rings. The molecule has 1 unspecified atom stereocenters. The van der Waals surface area contributed by atoms with Gasteiger partial charge in [-0.1, -0.05) is 0 Å². The molecule has 0 aromatic carbocycles. The van der Waals surface area contributed by atoms with Crippen molar-refractivity contribution < 1.29 is 27.9 Å². The number of nitrogens with zero attached hydrogens (tertiary/aromatic N) is 2. The maximum absolute atomic E-state index is 12.1. The van der Waals surface area contributed by atoms with Crippen LogP contribution >= 0.6 is 0 Å². The van der Waals surface area contributed by atoms with Crippen molar-refractivity contribution in [2.75, 3.05) is 40.9 Å². The Morgan fingerprint density at radius 2 is 1.84 bits per heavy atom. The van der Waals surface area contributed by atoms with Gasteiger partial charge in [0, 0.05) is 27.7 Å². The molecule has 0 bridgehead atoms. The van der Waals surface area contributed by atoms with Crippen molar-refractivity contribution in [2.45, 2.75) is 12.2 Å². The molecule has 0 aliphatic carbocycles. The third kappa shape index (κ3) is 5.13. The quantitative estimate of drug-likeness (QED) is 0.605. The van der Waals surface area contributed by atoms with Crippen molar-refractivity contribution >= 4 is 21.9 Å². The van der Waals surface area contributed by atoms with E-state index in [2.05, 4.69) is 0 Å². The molecule has 8 nitrogen and oxygen atoms in total. The van der Waals surface area contributed by atoms with Gasteiger partial charge in [0.05, 0.1) is 13.2 Å². The predicted molar refractivity (Wildman–Crippen MR) is 68.2 cm³/mol. The number of hydrogen-bond acceptors (Lipinski definition) is 5. The van der Waals surface area contributed by atoms with E-state index in [-0.39, 0.29) is 13.2 Å². The highest BCUT2D eigenvalue weighted by atomic mass is 32.2. The second kappa shape index (κ2) is 7.41. The molecule has 0 saturated heterocycles. The number of hydrogen-bond donors (Lipinski definition) is 1. The Hall–Kier alpha value is -1.19. The molecule has 0 spiro atoms. The summed E-state index contributed by atoms with van der Waals surface area (Å²) in [5.74, 6) is -1.89. The molecule has 0 fully saturated rings. The maximum Gasteiger partial charge on any atom is 0.323 e. The number of carbonyl (C=O) groups is 2. The van der Waals surface area contributed by atoms with Crippen molar-refractivity contribution in [3.63, 3.8) is 0 Å². The minimum Gasteiger partial charge on any atom is -0.480 e. The fourth-order valence-corrected chi connectivity index (χ4v) is 2.45. The minimum absolute atomic E-state index is 0.0734. The van der Waals surface area contributed by atoms with Crippen LogP contribution in [-0.4, -0.2) is 80.8 Å². The zero-order valence-corrected chi connectivity index (χ0v) is 12.3. The Kier molecular flexibility index (Phi) is 6.95. The van der Waals surface area contributed by atoms with Gasteiger partial charge in [-0.05, 0) is 6.92 Å². The number of ether oxygens (including phenoxy) is 1. The second-order valence-corrected chi connectivity index (χ2v) is 6.39. The molecular weight excluding hydrogens is 276 g/mol. The van der Waals surface area contributed by atoms with Crippen LogP contribution < -0.4 is 0 Å². The molecule has 0 aliphatic heterocycles. The van der Waals surface area contributed by atoms with Crippen LogP contribution in [0.3, 0.4) is 0 Å². The first kappa shape index (κ1) is 17.8.